The molecule has 1 fully saturated rings. The van der Waals surface area contributed by atoms with Crippen LogP contribution in [0.15, 0.2) is 18.2 Å². The molecule has 2 heterocycles. The highest BCUT2D eigenvalue weighted by molar-refractivity contribution is 7.15. The number of aryl methyl sites for hydroxylation is 1. The van der Waals surface area contributed by atoms with Crippen molar-refractivity contribution in [2.45, 2.75) is 19.3 Å². The van der Waals surface area contributed by atoms with Crippen molar-refractivity contribution in [1.29, 1.82) is 0 Å². The fourth-order valence-corrected chi connectivity index (χ4v) is 3.44. The van der Waals surface area contributed by atoms with Gasteiger partial charge in [0.25, 0.3) is 0 Å². The minimum absolute atomic E-state index is 0.0296. The molecule has 0 radical (unpaired) electrons. The number of esters is 1. The molecule has 1 aromatic heterocycles. The van der Waals surface area contributed by atoms with Crippen molar-refractivity contribution in [3.63, 3.8) is 0 Å². The SMILES string of the molecule is Cc1cc(Cl)ccc1C(=O)OC1CN(C)C(=O)N1c1nnc(C(F)(F)F)s1. The summed E-state index contributed by atoms with van der Waals surface area (Å²) in [6, 6.07) is 3.90. The zero-order valence-electron chi connectivity index (χ0n) is 14.0. The first kappa shape index (κ1) is 19.4. The zero-order chi connectivity index (χ0) is 19.9. The number of benzene rings is 1. The molecule has 1 aliphatic rings. The number of alkyl halides is 3. The maximum atomic E-state index is 12.8. The number of urea groups is 1. The summed E-state index contributed by atoms with van der Waals surface area (Å²) < 4.78 is 43.7. The van der Waals surface area contributed by atoms with E-state index in [0.29, 0.717) is 10.6 Å². The number of hydrogen-bond donors (Lipinski definition) is 0. The van der Waals surface area contributed by atoms with Crippen LogP contribution in [0.4, 0.5) is 23.1 Å². The Labute approximate surface area is 160 Å². The Morgan fingerprint density at radius 2 is 2.07 bits per heavy atom. The van der Waals surface area contributed by atoms with Crippen molar-refractivity contribution in [3.8, 4) is 0 Å². The Bertz CT molecular complexity index is 905. The van der Waals surface area contributed by atoms with Gasteiger partial charge in [0.2, 0.25) is 16.4 Å². The number of halogens is 4. The van der Waals surface area contributed by atoms with Crippen LogP contribution in [0.5, 0.6) is 0 Å². The Morgan fingerprint density at radius 3 is 2.67 bits per heavy atom. The van der Waals surface area contributed by atoms with Crippen molar-refractivity contribution in [2.24, 2.45) is 0 Å². The lowest BCUT2D eigenvalue weighted by Gasteiger charge is -2.20. The highest BCUT2D eigenvalue weighted by Gasteiger charge is 2.43. The van der Waals surface area contributed by atoms with Crippen LogP contribution >= 0.6 is 22.9 Å². The Morgan fingerprint density at radius 1 is 1.37 bits per heavy atom. The van der Waals surface area contributed by atoms with Gasteiger partial charge in [0, 0.05) is 12.1 Å². The fraction of sp³-hybridized carbons (Fsp3) is 0.333. The van der Waals surface area contributed by atoms with Gasteiger partial charge < -0.3 is 9.64 Å². The van der Waals surface area contributed by atoms with E-state index in [4.69, 9.17) is 16.3 Å². The molecule has 0 aliphatic carbocycles. The zero-order valence-corrected chi connectivity index (χ0v) is 15.5. The smallest absolute Gasteiger partial charge is 0.435 e. The number of amides is 2. The van der Waals surface area contributed by atoms with Gasteiger partial charge >= 0.3 is 18.2 Å². The van der Waals surface area contributed by atoms with Crippen LogP contribution < -0.4 is 4.90 Å². The first-order valence-electron chi connectivity index (χ1n) is 7.50. The lowest BCUT2D eigenvalue weighted by molar-refractivity contribution is -0.138. The summed E-state index contributed by atoms with van der Waals surface area (Å²) in [4.78, 5) is 26.9. The number of nitrogens with zero attached hydrogens (tertiary/aromatic N) is 4. The summed E-state index contributed by atoms with van der Waals surface area (Å²) in [6.45, 7) is 1.63. The normalized spacial score (nSPS) is 17.6. The number of carbonyl (C=O) groups excluding carboxylic acids is 2. The summed E-state index contributed by atoms with van der Waals surface area (Å²) in [5.74, 6) is -0.733. The highest BCUT2D eigenvalue weighted by Crippen LogP contribution is 2.36. The molecule has 0 saturated carbocycles. The monoisotopic (exact) mass is 420 g/mol. The number of aromatic nitrogens is 2. The lowest BCUT2D eigenvalue weighted by Crippen LogP contribution is -2.37. The lowest BCUT2D eigenvalue weighted by atomic mass is 10.1. The standard InChI is InChI=1S/C15H12ClF3N4O3S/c1-7-5-8(16)3-4-9(7)11(24)26-10-6-22(2)14(25)23(10)13-21-20-12(27-13)15(17,18)19/h3-5,10H,6H2,1-2H3. The van der Waals surface area contributed by atoms with Crippen molar-refractivity contribution in [1.82, 2.24) is 15.1 Å². The van der Waals surface area contributed by atoms with Gasteiger partial charge in [-0.3, -0.25) is 0 Å². The summed E-state index contributed by atoms with van der Waals surface area (Å²) >= 11 is 6.05. The summed E-state index contributed by atoms with van der Waals surface area (Å²) in [6.07, 6.45) is -5.82. The molecule has 1 saturated heterocycles. The van der Waals surface area contributed by atoms with E-state index in [9.17, 15) is 22.8 Å². The maximum absolute atomic E-state index is 12.8. The van der Waals surface area contributed by atoms with Crippen LogP contribution in [0.2, 0.25) is 5.02 Å². The molecule has 12 heteroatoms. The van der Waals surface area contributed by atoms with Gasteiger partial charge in [-0.05, 0) is 30.7 Å². The average Bonchev–Trinajstić information content (AvgIpc) is 3.13. The molecule has 0 N–H and O–H groups in total. The van der Waals surface area contributed by atoms with E-state index < -0.39 is 29.4 Å². The van der Waals surface area contributed by atoms with Gasteiger partial charge in [0.05, 0.1) is 12.1 Å². The van der Waals surface area contributed by atoms with E-state index in [1.807, 2.05) is 0 Å². The van der Waals surface area contributed by atoms with Crippen LogP contribution in [-0.4, -0.2) is 46.9 Å². The van der Waals surface area contributed by atoms with Crippen LogP contribution in [-0.2, 0) is 10.9 Å². The first-order chi connectivity index (χ1) is 12.6. The van der Waals surface area contributed by atoms with Crippen molar-refractivity contribution in [2.75, 3.05) is 18.5 Å². The minimum atomic E-state index is -4.68. The maximum Gasteiger partial charge on any atom is 0.445 e. The fourth-order valence-electron chi connectivity index (χ4n) is 2.47. The highest BCUT2D eigenvalue weighted by atomic mass is 35.5. The molecule has 1 aliphatic heterocycles. The Kier molecular flexibility index (Phi) is 5.00. The van der Waals surface area contributed by atoms with E-state index in [2.05, 4.69) is 10.2 Å². The van der Waals surface area contributed by atoms with Gasteiger partial charge in [-0.15, -0.1) is 10.2 Å². The molecule has 7 nitrogen and oxygen atoms in total. The Balaban J connectivity index is 1.86. The van der Waals surface area contributed by atoms with Crippen LogP contribution in [0.3, 0.4) is 0 Å². The van der Waals surface area contributed by atoms with E-state index in [1.54, 1.807) is 13.0 Å². The van der Waals surface area contributed by atoms with Crippen LogP contribution in [0, 0.1) is 6.92 Å². The second-order valence-electron chi connectivity index (χ2n) is 5.74. The van der Waals surface area contributed by atoms with Gasteiger partial charge in [-0.25, -0.2) is 14.5 Å². The molecule has 27 heavy (non-hydrogen) atoms. The number of hydrogen-bond acceptors (Lipinski definition) is 6. The number of anilines is 1. The summed E-state index contributed by atoms with van der Waals surface area (Å²) in [5.41, 5.74) is 0.793. The van der Waals surface area contributed by atoms with Crippen molar-refractivity contribution in [3.05, 3.63) is 39.4 Å². The first-order valence-corrected chi connectivity index (χ1v) is 8.69. The number of rotatable bonds is 3. The second kappa shape index (κ2) is 6.97. The van der Waals surface area contributed by atoms with Gasteiger partial charge in [0.1, 0.15) is 0 Å². The summed E-state index contributed by atoms with van der Waals surface area (Å²) in [7, 11) is 1.43. The average molecular weight is 421 g/mol. The number of carbonyl (C=O) groups is 2. The topological polar surface area (TPSA) is 75.6 Å². The molecule has 1 aromatic carbocycles. The van der Waals surface area contributed by atoms with Gasteiger partial charge in [0.15, 0.2) is 0 Å². The van der Waals surface area contributed by atoms with E-state index in [-0.39, 0.29) is 28.6 Å². The molecular formula is C15H12ClF3N4O3S. The molecule has 0 spiro atoms. The minimum Gasteiger partial charge on any atom is -0.435 e. The van der Waals surface area contributed by atoms with Crippen LogP contribution in [0.1, 0.15) is 20.9 Å². The molecule has 2 aromatic rings. The van der Waals surface area contributed by atoms with Gasteiger partial charge in [-0.1, -0.05) is 22.9 Å². The third-order valence-electron chi connectivity index (χ3n) is 3.77. The van der Waals surface area contributed by atoms with E-state index in [0.717, 1.165) is 4.90 Å². The molecule has 1 unspecified atom stereocenters. The molecule has 1 atom stereocenters. The third-order valence-corrected chi connectivity index (χ3v) is 4.97. The largest absolute Gasteiger partial charge is 0.445 e. The van der Waals surface area contributed by atoms with Gasteiger partial charge in [-0.2, -0.15) is 13.2 Å². The Hall–Kier alpha value is -2.40. The van der Waals surface area contributed by atoms with Crippen molar-refractivity contribution >= 4 is 40.1 Å². The molecule has 2 amide bonds. The predicted octanol–water partition coefficient (Wildman–Crippen LogP) is 3.57. The van der Waals surface area contributed by atoms with E-state index in [1.165, 1.54) is 24.1 Å². The molecule has 0 bridgehead atoms. The van der Waals surface area contributed by atoms with E-state index >= 15 is 0 Å². The molecular weight excluding hydrogens is 409 g/mol. The third kappa shape index (κ3) is 3.83. The van der Waals surface area contributed by atoms with Crippen LogP contribution in [0.25, 0.3) is 0 Å². The van der Waals surface area contributed by atoms with Crippen molar-refractivity contribution < 1.29 is 27.5 Å². The summed E-state index contributed by atoms with van der Waals surface area (Å²) in [5, 5.41) is 5.43. The molecule has 3 rings (SSSR count). The molecule has 144 valence electrons. The predicted molar refractivity (Wildman–Crippen MR) is 90.8 cm³/mol. The number of ether oxygens (including phenoxy) is 1. The number of likely N-dealkylation sites (N-methyl/N-ethyl adjacent to an activating group) is 1. The second-order valence-corrected chi connectivity index (χ2v) is 7.13. The quantitative estimate of drug-likeness (QED) is 0.709.